The molecule has 5 heterocycles. The molecule has 5 aromatic rings. The summed E-state index contributed by atoms with van der Waals surface area (Å²) < 4.78 is 11.1. The zero-order valence-corrected chi connectivity index (χ0v) is 37.4. The van der Waals surface area contributed by atoms with E-state index in [1.165, 1.54) is 85.0 Å². The van der Waals surface area contributed by atoms with E-state index < -0.39 is 0 Å². The van der Waals surface area contributed by atoms with Crippen LogP contribution < -0.4 is 0 Å². The molecule has 0 spiro atoms. The molecule has 4 aliphatic carbocycles. The summed E-state index contributed by atoms with van der Waals surface area (Å²) in [6.45, 7) is 4.20. The molecule has 0 saturated carbocycles. The smallest absolute Gasteiger partial charge is 0.305 e. The quantitative estimate of drug-likeness (QED) is 0.150. The standard InChI is InChI=1S/C56H58N4O4/c1-3-49(61)63-31-33-21-25-35(26-22-33)51-53-41-17-9-5-13-37(41)45(57-53)29-47-39-15-7-11-19-43(39)55(59-47)52(36-27-23-34(24-28-36)32-64-50(62)4-2)56-44-20-12-8-16-40(44)48(60-56)30-46-38-14-6-10-18-42(38)54(51)58-46/h21-30,57-58H,3-20,31-32H2,1-2H3. The molecular formula is C56H58N4O4. The highest BCUT2D eigenvalue weighted by molar-refractivity contribution is 6.04. The van der Waals surface area contributed by atoms with Crippen molar-refractivity contribution in [3.63, 3.8) is 0 Å². The van der Waals surface area contributed by atoms with Gasteiger partial charge in [-0.15, -0.1) is 0 Å². The Morgan fingerprint density at radius 1 is 0.484 bits per heavy atom. The molecule has 8 bridgehead atoms. The van der Waals surface area contributed by atoms with Gasteiger partial charge in [0.2, 0.25) is 0 Å². The van der Waals surface area contributed by atoms with Gasteiger partial charge in [0.25, 0.3) is 0 Å². The normalized spacial score (nSPS) is 16.8. The van der Waals surface area contributed by atoms with E-state index in [1.807, 2.05) is 13.8 Å². The molecule has 0 fully saturated rings. The van der Waals surface area contributed by atoms with Gasteiger partial charge in [-0.3, -0.25) is 9.59 Å². The Bertz CT molecular complexity index is 2810. The molecule has 0 unspecified atom stereocenters. The second-order valence-corrected chi connectivity index (χ2v) is 18.6. The minimum Gasteiger partial charge on any atom is -0.461 e. The van der Waals surface area contributed by atoms with Crippen LogP contribution in [0, 0.1) is 0 Å². The highest BCUT2D eigenvalue weighted by atomic mass is 16.5. The number of hydrogen-bond donors (Lipinski definition) is 2. The second kappa shape index (κ2) is 17.2. The Morgan fingerprint density at radius 3 is 1.28 bits per heavy atom. The molecule has 2 aromatic carbocycles. The molecular weight excluding hydrogens is 793 g/mol. The summed E-state index contributed by atoms with van der Waals surface area (Å²) in [7, 11) is 0. The topological polar surface area (TPSA) is 110 Å². The van der Waals surface area contributed by atoms with E-state index in [0.29, 0.717) is 12.8 Å². The van der Waals surface area contributed by atoms with Gasteiger partial charge in [0.15, 0.2) is 0 Å². The summed E-state index contributed by atoms with van der Waals surface area (Å²) in [6, 6.07) is 22.1. The molecule has 2 N–H and O–H groups in total. The number of ether oxygens (including phenoxy) is 2. The number of fused-ring (bicyclic) bond motifs is 18. The van der Waals surface area contributed by atoms with Crippen LogP contribution in [0.25, 0.3) is 66.6 Å². The van der Waals surface area contributed by atoms with Crippen LogP contribution in [0.15, 0.2) is 60.7 Å². The van der Waals surface area contributed by atoms with Crippen molar-refractivity contribution in [2.45, 2.75) is 143 Å². The molecule has 6 aliphatic rings. The fourth-order valence-electron chi connectivity index (χ4n) is 11.4. The van der Waals surface area contributed by atoms with Crippen molar-refractivity contribution < 1.29 is 19.1 Å². The minimum atomic E-state index is -0.189. The molecule has 0 saturated heterocycles. The van der Waals surface area contributed by atoms with Gasteiger partial charge in [0.05, 0.1) is 33.8 Å². The number of aromatic nitrogens is 4. The first kappa shape index (κ1) is 40.7. The number of carbonyl (C=O) groups is 2. The Balaban J connectivity index is 1.23. The number of allylic oxidation sites excluding steroid dienone is 4. The van der Waals surface area contributed by atoms with E-state index in [0.717, 1.165) is 140 Å². The van der Waals surface area contributed by atoms with Gasteiger partial charge in [-0.2, -0.15) is 0 Å². The Morgan fingerprint density at radius 2 is 0.859 bits per heavy atom. The van der Waals surface area contributed by atoms with Crippen molar-refractivity contribution >= 4 is 56.3 Å². The van der Waals surface area contributed by atoms with Crippen LogP contribution in [0.3, 0.4) is 0 Å². The largest absolute Gasteiger partial charge is 0.461 e. The van der Waals surface area contributed by atoms with Crippen LogP contribution in [0.5, 0.6) is 0 Å². The molecule has 326 valence electrons. The second-order valence-electron chi connectivity index (χ2n) is 18.6. The third-order valence-electron chi connectivity index (χ3n) is 14.7. The summed E-state index contributed by atoms with van der Waals surface area (Å²) in [5, 5.41) is 0. The number of nitrogens with zero attached hydrogens (tertiary/aromatic N) is 2. The molecule has 0 amide bonds. The van der Waals surface area contributed by atoms with Crippen molar-refractivity contribution in [2.75, 3.05) is 0 Å². The van der Waals surface area contributed by atoms with Gasteiger partial charge < -0.3 is 19.4 Å². The maximum atomic E-state index is 12.1. The van der Waals surface area contributed by atoms with Gasteiger partial charge in [-0.05, 0) is 182 Å². The zero-order valence-electron chi connectivity index (χ0n) is 37.4. The van der Waals surface area contributed by atoms with Gasteiger partial charge in [0.1, 0.15) is 13.2 Å². The summed E-state index contributed by atoms with van der Waals surface area (Å²) in [5.41, 5.74) is 26.9. The van der Waals surface area contributed by atoms with Gasteiger partial charge in [-0.25, -0.2) is 9.97 Å². The van der Waals surface area contributed by atoms with E-state index in [4.69, 9.17) is 19.4 Å². The molecule has 8 heteroatoms. The summed E-state index contributed by atoms with van der Waals surface area (Å²) >= 11 is 0. The van der Waals surface area contributed by atoms with E-state index in [9.17, 15) is 9.59 Å². The Hall–Kier alpha value is -6.02. The number of aryl methyl sites for hydroxylation is 4. The molecule has 0 atom stereocenters. The van der Waals surface area contributed by atoms with Crippen molar-refractivity contribution in [2.24, 2.45) is 0 Å². The average molecular weight is 851 g/mol. The predicted octanol–water partition coefficient (Wildman–Crippen LogP) is 13.3. The van der Waals surface area contributed by atoms with Crippen LogP contribution >= 0.6 is 0 Å². The van der Waals surface area contributed by atoms with Gasteiger partial charge >= 0.3 is 11.9 Å². The molecule has 64 heavy (non-hydrogen) atoms. The number of rotatable bonds is 8. The summed E-state index contributed by atoms with van der Waals surface area (Å²) in [4.78, 5) is 43.9. The number of benzene rings is 2. The van der Waals surface area contributed by atoms with Crippen molar-refractivity contribution in [3.8, 4) is 22.3 Å². The predicted molar refractivity (Wildman–Crippen MR) is 256 cm³/mol. The summed E-state index contributed by atoms with van der Waals surface area (Å²) in [6.07, 6.45) is 18.1. The van der Waals surface area contributed by atoms with Crippen LogP contribution in [0.2, 0.25) is 0 Å². The average Bonchev–Trinajstić information content (AvgIpc) is 4.10. The SMILES string of the molecule is CCC(=O)OCc1ccc(-c2c3nc(cc4[nH]c(c5c4CCCC5)c(-c4ccc(COC(=O)CC)cc4)c4[nH]c(cc5nc2C2=C5CCCC2)c2c4CCCC2)C2=C3CCCC2)cc1. The van der Waals surface area contributed by atoms with Crippen molar-refractivity contribution in [3.05, 3.63) is 117 Å². The highest BCUT2D eigenvalue weighted by Crippen LogP contribution is 2.50. The molecule has 3 aromatic heterocycles. The summed E-state index contributed by atoms with van der Waals surface area (Å²) in [5.74, 6) is -0.373. The first-order valence-electron chi connectivity index (χ1n) is 24.2. The number of carbonyl (C=O) groups excluding carboxylic acids is 2. The van der Waals surface area contributed by atoms with E-state index in [1.54, 1.807) is 0 Å². The first-order chi connectivity index (χ1) is 31.4. The fourth-order valence-corrected chi connectivity index (χ4v) is 11.4. The maximum absolute atomic E-state index is 12.1. The Kier molecular flexibility index (Phi) is 10.9. The molecule has 2 aliphatic heterocycles. The van der Waals surface area contributed by atoms with Crippen LogP contribution in [0.4, 0.5) is 0 Å². The van der Waals surface area contributed by atoms with E-state index >= 15 is 0 Å². The fraction of sp³-hybridized carbons (Fsp3) is 0.393. The number of aromatic amines is 2. The van der Waals surface area contributed by atoms with Crippen LogP contribution in [0.1, 0.15) is 160 Å². The van der Waals surface area contributed by atoms with Crippen LogP contribution in [-0.4, -0.2) is 31.9 Å². The lowest BCUT2D eigenvalue weighted by Crippen LogP contribution is -2.02. The number of esters is 2. The lowest BCUT2D eigenvalue weighted by Gasteiger charge is -2.18. The zero-order chi connectivity index (χ0) is 43.3. The number of H-pyrrole nitrogens is 2. The van der Waals surface area contributed by atoms with Crippen molar-refractivity contribution in [1.29, 1.82) is 0 Å². The monoisotopic (exact) mass is 850 g/mol. The third kappa shape index (κ3) is 7.33. The number of nitrogens with one attached hydrogen (secondary N) is 2. The van der Waals surface area contributed by atoms with E-state index in [2.05, 4.69) is 70.6 Å². The first-order valence-corrected chi connectivity index (χ1v) is 24.2. The molecule has 0 radical (unpaired) electrons. The Labute approximate surface area is 375 Å². The van der Waals surface area contributed by atoms with Crippen molar-refractivity contribution in [1.82, 2.24) is 19.9 Å². The maximum Gasteiger partial charge on any atom is 0.305 e. The lowest BCUT2D eigenvalue weighted by molar-refractivity contribution is -0.145. The number of hydrogen-bond acceptors (Lipinski definition) is 6. The van der Waals surface area contributed by atoms with Crippen LogP contribution in [-0.2, 0) is 58.0 Å². The molecule has 8 nitrogen and oxygen atoms in total. The third-order valence-corrected chi connectivity index (χ3v) is 14.7. The van der Waals surface area contributed by atoms with E-state index in [-0.39, 0.29) is 25.2 Å². The lowest BCUT2D eigenvalue weighted by atomic mass is 9.84. The highest BCUT2D eigenvalue weighted by Gasteiger charge is 2.32. The van der Waals surface area contributed by atoms with Gasteiger partial charge in [-0.1, -0.05) is 62.4 Å². The molecule has 11 rings (SSSR count). The minimum absolute atomic E-state index is 0.184. The van der Waals surface area contributed by atoms with Gasteiger partial charge in [0, 0.05) is 35.0 Å².